The summed E-state index contributed by atoms with van der Waals surface area (Å²) in [6.07, 6.45) is 2.34. The molecule has 1 heterocycles. The Morgan fingerprint density at radius 1 is 0.854 bits per heavy atom. The summed E-state index contributed by atoms with van der Waals surface area (Å²) in [6, 6.07) is 33.3. The first-order valence-electron chi connectivity index (χ1n) is 13.8. The van der Waals surface area contributed by atoms with Gasteiger partial charge in [-0.25, -0.2) is 0 Å². The molecule has 0 saturated carbocycles. The van der Waals surface area contributed by atoms with Crippen molar-refractivity contribution in [1.82, 2.24) is 4.90 Å². The van der Waals surface area contributed by atoms with Crippen molar-refractivity contribution in [2.24, 2.45) is 5.92 Å². The Hall–Kier alpha value is -3.78. The maximum atomic E-state index is 13.2. The topological polar surface area (TPSA) is 77.9 Å². The van der Waals surface area contributed by atoms with Gasteiger partial charge in [0.15, 0.2) is 0 Å². The van der Waals surface area contributed by atoms with Crippen molar-refractivity contribution in [3.05, 3.63) is 120 Å². The first kappa shape index (κ1) is 30.2. The summed E-state index contributed by atoms with van der Waals surface area (Å²) in [7, 11) is 0.186. The van der Waals surface area contributed by atoms with E-state index in [0.29, 0.717) is 12.3 Å². The number of para-hydroxylation sites is 1. The fourth-order valence-electron chi connectivity index (χ4n) is 5.14. The summed E-state index contributed by atoms with van der Waals surface area (Å²) in [5, 5.41) is 0. The van der Waals surface area contributed by atoms with Crippen molar-refractivity contribution in [2.75, 3.05) is 32.1 Å². The highest BCUT2D eigenvalue weighted by atomic mass is 32.2. The van der Waals surface area contributed by atoms with E-state index in [9.17, 15) is 13.2 Å². The van der Waals surface area contributed by atoms with E-state index >= 15 is 0 Å². The highest BCUT2D eigenvalue weighted by Gasteiger charge is 2.28. The maximum absolute atomic E-state index is 13.2. The summed E-state index contributed by atoms with van der Waals surface area (Å²) < 4.78 is 29.6. The minimum atomic E-state index is -4.02. The zero-order chi connectivity index (χ0) is 29.4. The van der Waals surface area contributed by atoms with Crippen molar-refractivity contribution in [2.45, 2.75) is 31.1 Å². The van der Waals surface area contributed by atoms with Gasteiger partial charge < -0.3 is 9.80 Å². The first-order chi connectivity index (χ1) is 19.6. The van der Waals surface area contributed by atoms with Crippen LogP contribution in [0.1, 0.15) is 23.1 Å². The Labute approximate surface area is 244 Å². The Morgan fingerprint density at radius 2 is 1.46 bits per heavy atom. The van der Waals surface area contributed by atoms with Crippen LogP contribution < -0.4 is 4.90 Å². The van der Waals surface area contributed by atoms with E-state index < -0.39 is 10.1 Å². The molecule has 0 fully saturated rings. The van der Waals surface area contributed by atoms with Crippen LogP contribution in [0.3, 0.4) is 0 Å². The van der Waals surface area contributed by atoms with Gasteiger partial charge in [-0.05, 0) is 80.2 Å². The zero-order valence-electron chi connectivity index (χ0n) is 23.9. The SMILES string of the molecule is CN(C)C[C@@H]1Cc2ccccc2N(C(=O)CCc2ccc(-c3ccccc3)cc2)C1.Cc1ccc(S(=O)(=O)O)cc1. The second-order valence-corrected chi connectivity index (χ2v) is 12.2. The minimum absolute atomic E-state index is 0.0666. The van der Waals surface area contributed by atoms with Gasteiger partial charge in [0.1, 0.15) is 0 Å². The summed E-state index contributed by atoms with van der Waals surface area (Å²) in [4.78, 5) is 17.3. The molecule has 0 spiro atoms. The highest BCUT2D eigenvalue weighted by molar-refractivity contribution is 7.85. The molecule has 6 nitrogen and oxygen atoms in total. The molecule has 41 heavy (non-hydrogen) atoms. The van der Waals surface area contributed by atoms with Crippen LogP contribution in [0.4, 0.5) is 5.69 Å². The molecule has 1 atom stereocenters. The number of nitrogens with zero attached hydrogens (tertiary/aromatic N) is 2. The third kappa shape index (κ3) is 8.60. The number of carbonyl (C=O) groups excluding carboxylic acids is 1. The second-order valence-electron chi connectivity index (χ2n) is 10.8. The second kappa shape index (κ2) is 13.7. The van der Waals surface area contributed by atoms with Crippen molar-refractivity contribution in [3.63, 3.8) is 0 Å². The van der Waals surface area contributed by atoms with Crippen LogP contribution in [0.15, 0.2) is 108 Å². The van der Waals surface area contributed by atoms with Gasteiger partial charge in [0.2, 0.25) is 5.91 Å². The molecule has 1 N–H and O–H groups in total. The molecule has 7 heteroatoms. The van der Waals surface area contributed by atoms with Crippen LogP contribution in [-0.2, 0) is 27.8 Å². The van der Waals surface area contributed by atoms with Crippen LogP contribution in [0.5, 0.6) is 0 Å². The lowest BCUT2D eigenvalue weighted by molar-refractivity contribution is -0.118. The number of fused-ring (bicyclic) bond motifs is 1. The average molecular weight is 571 g/mol. The lowest BCUT2D eigenvalue weighted by Crippen LogP contribution is -2.43. The molecule has 5 rings (SSSR count). The minimum Gasteiger partial charge on any atom is -0.312 e. The van der Waals surface area contributed by atoms with Gasteiger partial charge in [-0.1, -0.05) is 90.5 Å². The van der Waals surface area contributed by atoms with Crippen LogP contribution in [0.25, 0.3) is 11.1 Å². The normalized spacial score (nSPS) is 14.7. The van der Waals surface area contributed by atoms with Gasteiger partial charge >= 0.3 is 0 Å². The number of anilines is 1. The summed E-state index contributed by atoms with van der Waals surface area (Å²) in [5.41, 5.74) is 6.97. The fraction of sp³-hybridized carbons (Fsp3) is 0.265. The predicted octanol–water partition coefficient (Wildman–Crippen LogP) is 6.30. The molecule has 1 aliphatic heterocycles. The van der Waals surface area contributed by atoms with E-state index in [1.54, 1.807) is 12.1 Å². The zero-order valence-corrected chi connectivity index (χ0v) is 24.7. The molecule has 0 saturated heterocycles. The maximum Gasteiger partial charge on any atom is 0.294 e. The smallest absolute Gasteiger partial charge is 0.294 e. The summed E-state index contributed by atoms with van der Waals surface area (Å²) in [6.45, 7) is 3.65. The molecule has 1 amide bonds. The van der Waals surface area contributed by atoms with Crippen LogP contribution >= 0.6 is 0 Å². The highest BCUT2D eigenvalue weighted by Crippen LogP contribution is 2.30. The quantitative estimate of drug-likeness (QED) is 0.264. The third-order valence-electron chi connectivity index (χ3n) is 7.16. The largest absolute Gasteiger partial charge is 0.312 e. The molecule has 0 unspecified atom stereocenters. The van der Waals surface area contributed by atoms with Crippen LogP contribution in [0.2, 0.25) is 0 Å². The molecule has 0 radical (unpaired) electrons. The molecule has 214 valence electrons. The van der Waals surface area contributed by atoms with Crippen LogP contribution in [0, 0.1) is 12.8 Å². The molecular formula is C34H38N2O4S. The molecule has 0 aliphatic carbocycles. The van der Waals surface area contributed by atoms with E-state index in [4.69, 9.17) is 4.55 Å². The van der Waals surface area contributed by atoms with Gasteiger partial charge in [-0.2, -0.15) is 8.42 Å². The molecule has 0 bridgehead atoms. The van der Waals surface area contributed by atoms with Gasteiger partial charge in [0, 0.05) is 25.2 Å². The molecule has 4 aromatic carbocycles. The van der Waals surface area contributed by atoms with Crippen molar-refractivity contribution in [1.29, 1.82) is 0 Å². The van der Waals surface area contributed by atoms with Crippen molar-refractivity contribution < 1.29 is 17.8 Å². The Balaban J connectivity index is 0.000000296. The van der Waals surface area contributed by atoms with E-state index in [-0.39, 0.29) is 10.8 Å². The third-order valence-corrected chi connectivity index (χ3v) is 8.03. The molecule has 1 aliphatic rings. The van der Waals surface area contributed by atoms with Crippen molar-refractivity contribution in [3.8, 4) is 11.1 Å². The van der Waals surface area contributed by atoms with Gasteiger partial charge in [0.25, 0.3) is 10.1 Å². The van der Waals surface area contributed by atoms with Gasteiger partial charge in [-0.15, -0.1) is 0 Å². The molecule has 0 aromatic heterocycles. The summed E-state index contributed by atoms with van der Waals surface area (Å²) in [5.74, 6) is 0.696. The van der Waals surface area contributed by atoms with E-state index in [1.165, 1.54) is 34.4 Å². The number of amides is 1. The van der Waals surface area contributed by atoms with E-state index in [0.717, 1.165) is 37.2 Å². The van der Waals surface area contributed by atoms with E-state index in [1.807, 2.05) is 24.0 Å². The number of carbonyl (C=O) groups is 1. The number of aryl methyl sites for hydroxylation is 2. The first-order valence-corrected chi connectivity index (χ1v) is 15.3. The number of hydrogen-bond donors (Lipinski definition) is 1. The Kier molecular flexibility index (Phi) is 10.1. The standard InChI is InChI=1S/C27H30N2O.C7H8O3S/c1-28(2)19-22-18-25-10-6-7-11-26(25)29(20-22)27(30)17-14-21-12-15-24(16-13-21)23-8-4-3-5-9-23;1-6-2-4-7(5-3-6)11(8,9)10/h3-13,15-16,22H,14,17-20H2,1-2H3;2-5H,1H3,(H,8,9,10)/t22-;/m0./s1. The van der Waals surface area contributed by atoms with Crippen LogP contribution in [-0.4, -0.2) is 51.0 Å². The number of rotatable bonds is 7. The molecular weight excluding hydrogens is 532 g/mol. The lowest BCUT2D eigenvalue weighted by Gasteiger charge is -2.36. The Bertz CT molecular complexity index is 1530. The Morgan fingerprint density at radius 3 is 2.10 bits per heavy atom. The van der Waals surface area contributed by atoms with Gasteiger partial charge in [-0.3, -0.25) is 9.35 Å². The monoisotopic (exact) mass is 570 g/mol. The average Bonchev–Trinajstić information content (AvgIpc) is 2.96. The number of benzene rings is 4. The summed E-state index contributed by atoms with van der Waals surface area (Å²) >= 11 is 0. The lowest BCUT2D eigenvalue weighted by atomic mass is 9.91. The predicted molar refractivity (Wildman–Crippen MR) is 166 cm³/mol. The number of hydrogen-bond acceptors (Lipinski definition) is 4. The van der Waals surface area contributed by atoms with Crippen molar-refractivity contribution >= 4 is 21.7 Å². The fourth-order valence-corrected chi connectivity index (χ4v) is 5.62. The molecule has 4 aromatic rings. The van der Waals surface area contributed by atoms with E-state index in [2.05, 4.69) is 85.7 Å². The van der Waals surface area contributed by atoms with Gasteiger partial charge in [0.05, 0.1) is 4.90 Å².